The van der Waals surface area contributed by atoms with Crippen molar-refractivity contribution in [2.45, 2.75) is 33.4 Å². The third kappa shape index (κ3) is 4.23. The molecular weight excluding hydrogens is 262 g/mol. The first-order valence-corrected chi connectivity index (χ1v) is 7.37. The van der Waals surface area contributed by atoms with Crippen molar-refractivity contribution in [2.75, 3.05) is 6.61 Å². The highest BCUT2D eigenvalue weighted by Gasteiger charge is 2.06. The maximum absolute atomic E-state index is 5.96. The number of ether oxygens (including phenoxy) is 2. The number of hydrogen-bond acceptors (Lipinski definition) is 3. The maximum atomic E-state index is 5.96. The fraction of sp³-hybridized carbons (Fsp3) is 0.333. The fourth-order valence-corrected chi connectivity index (χ4v) is 2.08. The highest BCUT2D eigenvalue weighted by atomic mass is 16.5. The van der Waals surface area contributed by atoms with Crippen LogP contribution in [-0.4, -0.2) is 6.61 Å². The summed E-state index contributed by atoms with van der Waals surface area (Å²) in [5, 5.41) is 0. The normalized spacial score (nSPS) is 10.4. The van der Waals surface area contributed by atoms with Gasteiger partial charge in [0.2, 0.25) is 0 Å². The number of hydrogen-bond donors (Lipinski definition) is 1. The molecular formula is C18H23NO2. The van der Waals surface area contributed by atoms with Gasteiger partial charge in [0.05, 0.1) is 6.61 Å². The van der Waals surface area contributed by atoms with E-state index in [-0.39, 0.29) is 0 Å². The van der Waals surface area contributed by atoms with Crippen LogP contribution in [0.1, 0.15) is 30.0 Å². The van der Waals surface area contributed by atoms with E-state index in [0.717, 1.165) is 23.5 Å². The van der Waals surface area contributed by atoms with E-state index in [0.29, 0.717) is 19.8 Å². The van der Waals surface area contributed by atoms with E-state index in [1.807, 2.05) is 30.3 Å². The third-order valence-electron chi connectivity index (χ3n) is 3.38. The Morgan fingerprint density at radius 2 is 1.81 bits per heavy atom. The molecule has 0 saturated heterocycles. The number of aryl methyl sites for hydroxylation is 1. The molecule has 0 fully saturated rings. The van der Waals surface area contributed by atoms with E-state index in [4.69, 9.17) is 15.2 Å². The Balaban J connectivity index is 2.12. The molecule has 0 aliphatic heterocycles. The van der Waals surface area contributed by atoms with Crippen LogP contribution >= 0.6 is 0 Å². The average molecular weight is 285 g/mol. The lowest BCUT2D eigenvalue weighted by Gasteiger charge is -2.14. The molecule has 3 nitrogen and oxygen atoms in total. The zero-order valence-corrected chi connectivity index (χ0v) is 12.8. The van der Waals surface area contributed by atoms with Crippen molar-refractivity contribution in [1.29, 1.82) is 0 Å². The Labute approximate surface area is 126 Å². The summed E-state index contributed by atoms with van der Waals surface area (Å²) in [6, 6.07) is 14.1. The van der Waals surface area contributed by atoms with Gasteiger partial charge >= 0.3 is 0 Å². The van der Waals surface area contributed by atoms with Crippen LogP contribution in [-0.2, 0) is 13.2 Å². The zero-order valence-electron chi connectivity index (χ0n) is 12.8. The smallest absolute Gasteiger partial charge is 0.127 e. The van der Waals surface area contributed by atoms with Crippen LogP contribution in [0.25, 0.3) is 0 Å². The molecule has 2 N–H and O–H groups in total. The molecule has 0 aliphatic rings. The van der Waals surface area contributed by atoms with Crippen LogP contribution in [0.2, 0.25) is 0 Å². The van der Waals surface area contributed by atoms with Crippen molar-refractivity contribution in [2.24, 2.45) is 5.73 Å². The standard InChI is InChI=1S/C18H23NO2/c1-3-10-20-17-9-8-15(12-19)18(11-17)21-13-16-7-5-4-6-14(16)2/h4-9,11H,3,10,12-13,19H2,1-2H3. The summed E-state index contributed by atoms with van der Waals surface area (Å²) < 4.78 is 11.6. The van der Waals surface area contributed by atoms with Crippen LogP contribution < -0.4 is 15.2 Å². The van der Waals surface area contributed by atoms with Gasteiger partial charge in [-0.2, -0.15) is 0 Å². The minimum absolute atomic E-state index is 0.456. The van der Waals surface area contributed by atoms with Crippen molar-refractivity contribution in [3.8, 4) is 11.5 Å². The molecule has 3 heteroatoms. The van der Waals surface area contributed by atoms with Crippen LogP contribution in [0.5, 0.6) is 11.5 Å². The predicted octanol–water partition coefficient (Wildman–Crippen LogP) is 3.82. The second-order valence-electron chi connectivity index (χ2n) is 5.04. The zero-order chi connectivity index (χ0) is 15.1. The second-order valence-corrected chi connectivity index (χ2v) is 5.04. The maximum Gasteiger partial charge on any atom is 0.127 e. The van der Waals surface area contributed by atoms with Crippen LogP contribution in [0, 0.1) is 6.92 Å². The van der Waals surface area contributed by atoms with Crippen LogP contribution in [0.3, 0.4) is 0 Å². The van der Waals surface area contributed by atoms with Gasteiger partial charge in [0.25, 0.3) is 0 Å². The summed E-state index contributed by atoms with van der Waals surface area (Å²) in [7, 11) is 0. The van der Waals surface area contributed by atoms with E-state index in [9.17, 15) is 0 Å². The molecule has 0 spiro atoms. The number of nitrogens with two attached hydrogens (primary N) is 1. The van der Waals surface area contributed by atoms with Crippen LogP contribution in [0.4, 0.5) is 0 Å². The topological polar surface area (TPSA) is 44.5 Å². The van der Waals surface area contributed by atoms with Gasteiger partial charge in [-0.05, 0) is 30.5 Å². The average Bonchev–Trinajstić information content (AvgIpc) is 2.52. The Bertz CT molecular complexity index is 581. The van der Waals surface area contributed by atoms with Gasteiger partial charge in [0.15, 0.2) is 0 Å². The molecule has 112 valence electrons. The van der Waals surface area contributed by atoms with E-state index >= 15 is 0 Å². The van der Waals surface area contributed by atoms with E-state index in [1.165, 1.54) is 11.1 Å². The molecule has 0 heterocycles. The van der Waals surface area contributed by atoms with Gasteiger partial charge in [-0.1, -0.05) is 37.3 Å². The summed E-state index contributed by atoms with van der Waals surface area (Å²) in [4.78, 5) is 0. The largest absolute Gasteiger partial charge is 0.493 e. The monoisotopic (exact) mass is 285 g/mol. The van der Waals surface area contributed by atoms with Crippen molar-refractivity contribution in [3.63, 3.8) is 0 Å². The molecule has 0 saturated carbocycles. The van der Waals surface area contributed by atoms with Crippen molar-refractivity contribution < 1.29 is 9.47 Å². The van der Waals surface area contributed by atoms with Crippen molar-refractivity contribution >= 4 is 0 Å². The molecule has 21 heavy (non-hydrogen) atoms. The summed E-state index contributed by atoms with van der Waals surface area (Å²) in [6.45, 7) is 5.88. The molecule has 2 aromatic rings. The summed E-state index contributed by atoms with van der Waals surface area (Å²) in [5.41, 5.74) is 9.18. The van der Waals surface area contributed by atoms with Crippen molar-refractivity contribution in [3.05, 3.63) is 59.2 Å². The number of rotatable bonds is 7. The van der Waals surface area contributed by atoms with E-state index < -0.39 is 0 Å². The third-order valence-corrected chi connectivity index (χ3v) is 3.38. The lowest BCUT2D eigenvalue weighted by molar-refractivity contribution is 0.292. The summed E-state index contributed by atoms with van der Waals surface area (Å²) in [6.07, 6.45) is 0.984. The minimum Gasteiger partial charge on any atom is -0.493 e. The van der Waals surface area contributed by atoms with Crippen LogP contribution in [0.15, 0.2) is 42.5 Å². The molecule has 0 amide bonds. The lowest BCUT2D eigenvalue weighted by Crippen LogP contribution is -2.04. The van der Waals surface area contributed by atoms with Gasteiger partial charge in [-0.15, -0.1) is 0 Å². The molecule has 0 aliphatic carbocycles. The quantitative estimate of drug-likeness (QED) is 0.841. The highest BCUT2D eigenvalue weighted by Crippen LogP contribution is 2.26. The molecule has 2 rings (SSSR count). The van der Waals surface area contributed by atoms with Crippen molar-refractivity contribution in [1.82, 2.24) is 0 Å². The first-order chi connectivity index (χ1) is 10.2. The summed E-state index contributed by atoms with van der Waals surface area (Å²) in [5.74, 6) is 1.63. The van der Waals surface area contributed by atoms with Gasteiger partial charge in [0.1, 0.15) is 18.1 Å². The molecule has 2 aromatic carbocycles. The second kappa shape index (κ2) is 7.70. The lowest BCUT2D eigenvalue weighted by atomic mass is 10.1. The Morgan fingerprint density at radius 1 is 1.00 bits per heavy atom. The molecule has 0 unspecified atom stereocenters. The molecule has 0 radical (unpaired) electrons. The Morgan fingerprint density at radius 3 is 2.52 bits per heavy atom. The molecule has 0 aromatic heterocycles. The SMILES string of the molecule is CCCOc1ccc(CN)c(OCc2ccccc2C)c1. The Hall–Kier alpha value is -2.00. The van der Waals surface area contributed by atoms with Gasteiger partial charge in [0, 0.05) is 18.2 Å². The van der Waals surface area contributed by atoms with E-state index in [2.05, 4.69) is 26.0 Å². The first-order valence-electron chi connectivity index (χ1n) is 7.37. The minimum atomic E-state index is 0.456. The Kier molecular flexibility index (Phi) is 5.64. The van der Waals surface area contributed by atoms with Gasteiger partial charge in [-0.25, -0.2) is 0 Å². The fourth-order valence-electron chi connectivity index (χ4n) is 2.08. The van der Waals surface area contributed by atoms with Gasteiger partial charge in [-0.3, -0.25) is 0 Å². The molecule has 0 atom stereocenters. The highest BCUT2D eigenvalue weighted by molar-refractivity contribution is 5.41. The molecule has 0 bridgehead atoms. The van der Waals surface area contributed by atoms with E-state index in [1.54, 1.807) is 0 Å². The predicted molar refractivity (Wildman–Crippen MR) is 85.6 cm³/mol. The van der Waals surface area contributed by atoms with Gasteiger partial charge < -0.3 is 15.2 Å². The first kappa shape index (κ1) is 15.4. The number of benzene rings is 2. The summed E-state index contributed by atoms with van der Waals surface area (Å²) >= 11 is 0.